The second-order valence-corrected chi connectivity index (χ2v) is 9.73. The lowest BCUT2D eigenvalue weighted by Gasteiger charge is -2.23. The Morgan fingerprint density at radius 2 is 1.78 bits per heavy atom. The summed E-state index contributed by atoms with van der Waals surface area (Å²) in [6, 6.07) is 4.79. The number of likely N-dealkylation sites (tertiary alicyclic amines) is 1. The molecule has 0 spiro atoms. The quantitative estimate of drug-likeness (QED) is 0.746. The molecule has 1 unspecified atom stereocenters. The van der Waals surface area contributed by atoms with Crippen molar-refractivity contribution < 1.29 is 13.2 Å². The fraction of sp³-hybridized carbons (Fsp3) is 0.632. The fourth-order valence-electron chi connectivity index (χ4n) is 3.77. The molecule has 8 heteroatoms. The summed E-state index contributed by atoms with van der Waals surface area (Å²) in [5.41, 5.74) is 0.214. The maximum Gasteiger partial charge on any atom is 0.252 e. The summed E-state index contributed by atoms with van der Waals surface area (Å²) in [5.74, 6) is -0.327. The van der Waals surface area contributed by atoms with Gasteiger partial charge in [-0.05, 0) is 70.3 Å². The molecule has 150 valence electrons. The van der Waals surface area contributed by atoms with E-state index in [0.717, 1.165) is 32.4 Å². The first-order valence-corrected chi connectivity index (χ1v) is 11.5. The molecule has 0 aromatic heterocycles. The highest BCUT2D eigenvalue weighted by atomic mass is 35.5. The van der Waals surface area contributed by atoms with Crippen LogP contribution in [0.2, 0.25) is 5.02 Å². The van der Waals surface area contributed by atoms with Crippen molar-refractivity contribution in [2.24, 2.45) is 0 Å². The van der Waals surface area contributed by atoms with Crippen molar-refractivity contribution in [2.75, 3.05) is 32.7 Å². The van der Waals surface area contributed by atoms with Gasteiger partial charge in [-0.1, -0.05) is 11.6 Å². The van der Waals surface area contributed by atoms with E-state index in [0.29, 0.717) is 25.7 Å². The van der Waals surface area contributed by atoms with Crippen LogP contribution in [-0.2, 0) is 10.0 Å². The van der Waals surface area contributed by atoms with Gasteiger partial charge in [0.1, 0.15) is 0 Å². The van der Waals surface area contributed by atoms with E-state index in [4.69, 9.17) is 11.6 Å². The minimum absolute atomic E-state index is 0.129. The normalized spacial score (nSPS) is 20.1. The van der Waals surface area contributed by atoms with Crippen molar-refractivity contribution >= 4 is 27.5 Å². The Hall–Kier alpha value is -1.15. The maximum atomic E-state index is 12.7. The Morgan fingerprint density at radius 1 is 1.15 bits per heavy atom. The standard InChI is InChI=1S/C19H28ClN3O3S/c1-15(22-10-2-3-11-22)8-9-21-19(24)17-14-16(6-7-18(17)20)27(25,26)23-12-4-5-13-23/h6-7,14-15H,2-5,8-13H2,1H3,(H,21,24). The molecule has 6 nitrogen and oxygen atoms in total. The van der Waals surface area contributed by atoms with Crippen LogP contribution in [-0.4, -0.2) is 62.3 Å². The first-order valence-electron chi connectivity index (χ1n) is 9.71. The highest BCUT2D eigenvalue weighted by Gasteiger charge is 2.28. The van der Waals surface area contributed by atoms with Crippen LogP contribution in [0.3, 0.4) is 0 Å². The molecule has 0 radical (unpaired) electrons. The molecule has 2 saturated heterocycles. The largest absolute Gasteiger partial charge is 0.352 e. The SMILES string of the molecule is CC(CCNC(=O)c1cc(S(=O)(=O)N2CCCC2)ccc1Cl)N1CCCC1. The van der Waals surface area contributed by atoms with Crippen molar-refractivity contribution in [2.45, 2.75) is 50.0 Å². The monoisotopic (exact) mass is 413 g/mol. The van der Waals surface area contributed by atoms with Crippen molar-refractivity contribution in [3.8, 4) is 0 Å². The number of carbonyl (C=O) groups excluding carboxylic acids is 1. The number of hydrogen-bond acceptors (Lipinski definition) is 4. The molecular formula is C19H28ClN3O3S. The Balaban J connectivity index is 1.64. The number of nitrogens with zero attached hydrogens (tertiary/aromatic N) is 2. The van der Waals surface area contributed by atoms with E-state index < -0.39 is 10.0 Å². The molecule has 0 saturated carbocycles. The van der Waals surface area contributed by atoms with Gasteiger partial charge in [-0.3, -0.25) is 4.79 Å². The zero-order valence-electron chi connectivity index (χ0n) is 15.8. The fourth-order valence-corrected chi connectivity index (χ4v) is 5.52. The van der Waals surface area contributed by atoms with Crippen LogP contribution < -0.4 is 5.32 Å². The summed E-state index contributed by atoms with van der Waals surface area (Å²) >= 11 is 6.17. The lowest BCUT2D eigenvalue weighted by atomic mass is 10.2. The van der Waals surface area contributed by atoms with Crippen LogP contribution in [0.4, 0.5) is 0 Å². The van der Waals surface area contributed by atoms with Crippen LogP contribution in [0.15, 0.2) is 23.1 Å². The van der Waals surface area contributed by atoms with Gasteiger partial charge in [0, 0.05) is 25.7 Å². The van der Waals surface area contributed by atoms with Crippen LogP contribution in [0, 0.1) is 0 Å². The Kier molecular flexibility index (Phi) is 6.78. The number of carbonyl (C=O) groups is 1. The van der Waals surface area contributed by atoms with E-state index in [1.165, 1.54) is 35.3 Å². The van der Waals surface area contributed by atoms with Gasteiger partial charge in [-0.15, -0.1) is 0 Å². The minimum Gasteiger partial charge on any atom is -0.352 e. The summed E-state index contributed by atoms with van der Waals surface area (Å²) in [4.78, 5) is 15.1. The van der Waals surface area contributed by atoms with Crippen molar-refractivity contribution in [1.82, 2.24) is 14.5 Å². The highest BCUT2D eigenvalue weighted by Crippen LogP contribution is 2.25. The van der Waals surface area contributed by atoms with Gasteiger partial charge in [0.25, 0.3) is 5.91 Å². The second-order valence-electron chi connectivity index (χ2n) is 7.39. The molecule has 2 fully saturated rings. The van der Waals surface area contributed by atoms with Crippen molar-refractivity contribution in [3.05, 3.63) is 28.8 Å². The molecule has 1 aromatic carbocycles. The predicted octanol–water partition coefficient (Wildman–Crippen LogP) is 2.73. The van der Waals surface area contributed by atoms with Gasteiger partial charge in [0.05, 0.1) is 15.5 Å². The number of amides is 1. The third kappa shape index (κ3) is 4.83. The Morgan fingerprint density at radius 3 is 2.44 bits per heavy atom. The number of nitrogens with one attached hydrogen (secondary N) is 1. The van der Waals surface area contributed by atoms with Crippen LogP contribution in [0.25, 0.3) is 0 Å². The summed E-state index contributed by atoms with van der Waals surface area (Å²) in [5, 5.41) is 3.15. The number of rotatable bonds is 7. The molecule has 1 amide bonds. The molecule has 2 heterocycles. The summed E-state index contributed by atoms with van der Waals surface area (Å²) in [6.07, 6.45) is 5.08. The lowest BCUT2D eigenvalue weighted by Crippen LogP contribution is -2.34. The molecule has 3 rings (SSSR count). The van der Waals surface area contributed by atoms with Crippen LogP contribution >= 0.6 is 11.6 Å². The molecule has 0 aliphatic carbocycles. The van der Waals surface area contributed by atoms with Gasteiger partial charge in [-0.2, -0.15) is 4.31 Å². The number of benzene rings is 1. The van der Waals surface area contributed by atoms with E-state index >= 15 is 0 Å². The van der Waals surface area contributed by atoms with Gasteiger partial charge in [-0.25, -0.2) is 8.42 Å². The zero-order valence-corrected chi connectivity index (χ0v) is 17.4. The van der Waals surface area contributed by atoms with E-state index in [1.807, 2.05) is 0 Å². The average molecular weight is 414 g/mol. The molecule has 27 heavy (non-hydrogen) atoms. The molecule has 1 aromatic rings. The molecule has 0 bridgehead atoms. The summed E-state index contributed by atoms with van der Waals surface area (Å²) < 4.78 is 26.9. The van der Waals surface area contributed by atoms with E-state index in [2.05, 4.69) is 17.1 Å². The predicted molar refractivity (Wildman–Crippen MR) is 107 cm³/mol. The lowest BCUT2D eigenvalue weighted by molar-refractivity contribution is 0.0949. The molecular weight excluding hydrogens is 386 g/mol. The van der Waals surface area contributed by atoms with Crippen LogP contribution in [0.5, 0.6) is 0 Å². The summed E-state index contributed by atoms with van der Waals surface area (Å²) in [6.45, 7) is 6.01. The van der Waals surface area contributed by atoms with Gasteiger partial charge < -0.3 is 10.2 Å². The molecule has 1 atom stereocenters. The van der Waals surface area contributed by atoms with Crippen molar-refractivity contribution in [3.63, 3.8) is 0 Å². The average Bonchev–Trinajstić information content (AvgIpc) is 3.35. The third-order valence-electron chi connectivity index (χ3n) is 5.50. The van der Waals surface area contributed by atoms with Gasteiger partial charge in [0.2, 0.25) is 10.0 Å². The number of hydrogen-bond donors (Lipinski definition) is 1. The first-order chi connectivity index (χ1) is 12.9. The smallest absolute Gasteiger partial charge is 0.252 e. The highest BCUT2D eigenvalue weighted by molar-refractivity contribution is 7.89. The third-order valence-corrected chi connectivity index (χ3v) is 7.72. The van der Waals surface area contributed by atoms with Gasteiger partial charge in [0.15, 0.2) is 0 Å². The van der Waals surface area contributed by atoms with E-state index in [1.54, 1.807) is 0 Å². The summed E-state index contributed by atoms with van der Waals surface area (Å²) in [7, 11) is -3.57. The topological polar surface area (TPSA) is 69.7 Å². The minimum atomic E-state index is -3.57. The molecule has 1 N–H and O–H groups in total. The second kappa shape index (κ2) is 8.90. The molecule has 2 aliphatic heterocycles. The zero-order chi connectivity index (χ0) is 19.4. The van der Waals surface area contributed by atoms with Crippen molar-refractivity contribution in [1.29, 1.82) is 0 Å². The Bertz CT molecular complexity index is 772. The number of sulfonamides is 1. The van der Waals surface area contributed by atoms with E-state index in [9.17, 15) is 13.2 Å². The molecule has 2 aliphatic rings. The number of halogens is 1. The van der Waals surface area contributed by atoms with E-state index in [-0.39, 0.29) is 21.4 Å². The van der Waals surface area contributed by atoms with Gasteiger partial charge >= 0.3 is 0 Å². The van der Waals surface area contributed by atoms with Crippen LogP contribution in [0.1, 0.15) is 49.4 Å². The Labute approximate surface area is 166 Å². The first kappa shape index (κ1) is 20.6. The maximum absolute atomic E-state index is 12.7.